The second-order valence-corrected chi connectivity index (χ2v) is 9.66. The van der Waals surface area contributed by atoms with Crippen LogP contribution in [0.25, 0.3) is 0 Å². The van der Waals surface area contributed by atoms with Crippen LogP contribution in [0.15, 0.2) is 129 Å². The lowest BCUT2D eigenvalue weighted by Gasteiger charge is -2.22. The van der Waals surface area contributed by atoms with Gasteiger partial charge in [-0.15, -0.1) is 26.3 Å². The van der Waals surface area contributed by atoms with Crippen LogP contribution < -0.4 is 10.6 Å². The fourth-order valence-electron chi connectivity index (χ4n) is 4.28. The monoisotopic (exact) mass is 602 g/mol. The highest BCUT2D eigenvalue weighted by Gasteiger charge is 2.22. The lowest BCUT2D eigenvalue weighted by molar-refractivity contribution is -0.122. The quantitative estimate of drug-likeness (QED) is 0.179. The summed E-state index contributed by atoms with van der Waals surface area (Å²) in [6, 6.07) is 26.8. The normalized spacial score (nSPS) is 10.6. The van der Waals surface area contributed by atoms with Crippen LogP contribution in [-0.4, -0.2) is 20.0 Å². The van der Waals surface area contributed by atoms with E-state index in [0.29, 0.717) is 0 Å². The van der Waals surface area contributed by atoms with E-state index in [0.717, 1.165) is 47.5 Å². The van der Waals surface area contributed by atoms with Crippen molar-refractivity contribution in [2.45, 2.75) is 60.3 Å². The average Bonchev–Trinajstić information content (AvgIpc) is 3.06. The van der Waals surface area contributed by atoms with Crippen molar-refractivity contribution in [2.75, 3.05) is 14.1 Å². The molecule has 0 fully saturated rings. The van der Waals surface area contributed by atoms with Gasteiger partial charge in [0.25, 0.3) is 0 Å². The molecule has 0 aliphatic rings. The van der Waals surface area contributed by atoms with E-state index in [1.54, 1.807) is 7.05 Å². The molecule has 0 aromatic heterocycles. The first-order valence-electron chi connectivity index (χ1n) is 14.9. The van der Waals surface area contributed by atoms with Crippen molar-refractivity contribution in [2.24, 2.45) is 5.92 Å². The Labute approximate surface area is 268 Å². The molecule has 1 unspecified atom stereocenters. The largest absolute Gasteiger partial charge is 0.391 e. The highest BCUT2D eigenvalue weighted by molar-refractivity contribution is 6.31. The standard InChI is InChI=1S/C19H28N2O.C14H13Cl.C2H6.2C2H4/c1-6-10-17(20-4)18(15(3)19(22)21-5)14(2)13-16-11-8-7-9-12-16;1-11-6-8-12(9-7-11)10-13-4-2-3-5-14(13)15;3*1-2/h7-9,11-12,15,20H,2,6,10,13H2,1,3-5H3,(H,21,22);2-9H,10H2,1H3;1-2H3;2*1-2H2/b18-17+;;;;. The summed E-state index contributed by atoms with van der Waals surface area (Å²) in [7, 11) is 3.59. The molecule has 1 atom stereocenters. The number of hydrogen-bond donors (Lipinski definition) is 2. The third-order valence-electron chi connectivity index (χ3n) is 6.31. The third kappa shape index (κ3) is 15.8. The predicted octanol–water partition coefficient (Wildman–Crippen LogP) is 10.3. The Morgan fingerprint density at radius 2 is 1.35 bits per heavy atom. The van der Waals surface area contributed by atoms with Gasteiger partial charge in [-0.3, -0.25) is 4.79 Å². The first-order valence-corrected chi connectivity index (χ1v) is 15.3. The Bertz CT molecular complexity index is 1200. The number of aryl methyl sites for hydroxylation is 1. The molecule has 1 amide bonds. The number of halogens is 1. The van der Waals surface area contributed by atoms with E-state index in [4.69, 9.17) is 11.6 Å². The summed E-state index contributed by atoms with van der Waals surface area (Å²) in [5.74, 6) is -0.191. The Morgan fingerprint density at radius 1 is 0.814 bits per heavy atom. The smallest absolute Gasteiger partial charge is 0.227 e. The zero-order valence-corrected chi connectivity index (χ0v) is 28.5. The highest BCUT2D eigenvalue weighted by Crippen LogP contribution is 2.27. The number of amides is 1. The molecule has 2 N–H and O–H groups in total. The van der Waals surface area contributed by atoms with Crippen molar-refractivity contribution in [3.63, 3.8) is 0 Å². The van der Waals surface area contributed by atoms with Crippen LogP contribution in [0.3, 0.4) is 0 Å². The van der Waals surface area contributed by atoms with Crippen molar-refractivity contribution in [1.82, 2.24) is 10.6 Å². The van der Waals surface area contributed by atoms with E-state index in [2.05, 4.69) is 99.8 Å². The Hall–Kier alpha value is -3.82. The fourth-order valence-corrected chi connectivity index (χ4v) is 4.48. The molecule has 0 spiro atoms. The van der Waals surface area contributed by atoms with E-state index in [1.807, 2.05) is 64.2 Å². The van der Waals surface area contributed by atoms with Crippen LogP contribution in [0, 0.1) is 12.8 Å². The molecule has 3 aromatic rings. The summed E-state index contributed by atoms with van der Waals surface area (Å²) < 4.78 is 0. The molecule has 0 saturated heterocycles. The first-order chi connectivity index (χ1) is 20.8. The van der Waals surface area contributed by atoms with Crippen molar-refractivity contribution >= 4 is 17.5 Å². The van der Waals surface area contributed by atoms with E-state index in [-0.39, 0.29) is 11.8 Å². The molecule has 0 aliphatic carbocycles. The van der Waals surface area contributed by atoms with Crippen molar-refractivity contribution in [1.29, 1.82) is 0 Å². The molecule has 3 rings (SSSR count). The molecule has 234 valence electrons. The van der Waals surface area contributed by atoms with Gasteiger partial charge in [0, 0.05) is 24.8 Å². The lowest BCUT2D eigenvalue weighted by Crippen LogP contribution is -2.29. The van der Waals surface area contributed by atoms with E-state index >= 15 is 0 Å². The Balaban J connectivity index is 0. The van der Waals surface area contributed by atoms with Crippen LogP contribution in [0.1, 0.15) is 62.8 Å². The van der Waals surface area contributed by atoms with E-state index in [1.165, 1.54) is 22.3 Å². The Morgan fingerprint density at radius 3 is 1.84 bits per heavy atom. The van der Waals surface area contributed by atoms with Crippen LogP contribution >= 0.6 is 11.6 Å². The number of carbonyl (C=O) groups excluding carboxylic acids is 1. The van der Waals surface area contributed by atoms with Gasteiger partial charge in [-0.25, -0.2) is 0 Å². The zero-order chi connectivity index (χ0) is 33.2. The molecule has 0 bridgehead atoms. The number of hydrogen-bond acceptors (Lipinski definition) is 2. The van der Waals surface area contributed by atoms with Crippen molar-refractivity contribution < 1.29 is 4.79 Å². The van der Waals surface area contributed by atoms with Gasteiger partial charge in [0.2, 0.25) is 5.91 Å². The fraction of sp³-hybridized carbons (Fsp3) is 0.308. The van der Waals surface area contributed by atoms with Gasteiger partial charge in [-0.05, 0) is 67.0 Å². The second kappa shape index (κ2) is 25.9. The summed E-state index contributed by atoms with van der Waals surface area (Å²) >= 11 is 6.11. The van der Waals surface area contributed by atoms with E-state index < -0.39 is 0 Å². The van der Waals surface area contributed by atoms with Gasteiger partial charge in [-0.2, -0.15) is 0 Å². The minimum Gasteiger partial charge on any atom is -0.391 e. The maximum atomic E-state index is 12.1. The number of allylic oxidation sites excluding steroid dienone is 2. The van der Waals surface area contributed by atoms with Crippen molar-refractivity contribution in [3.8, 4) is 0 Å². The van der Waals surface area contributed by atoms with Gasteiger partial charge >= 0.3 is 0 Å². The molecular formula is C39H55ClN2O. The summed E-state index contributed by atoms with van der Waals surface area (Å²) in [6.07, 6.45) is 3.60. The number of nitrogens with one attached hydrogen (secondary N) is 2. The molecule has 0 heterocycles. The maximum Gasteiger partial charge on any atom is 0.227 e. The predicted molar refractivity (Wildman–Crippen MR) is 193 cm³/mol. The minimum absolute atomic E-state index is 0.0214. The van der Waals surface area contributed by atoms with Gasteiger partial charge in [0.15, 0.2) is 0 Å². The van der Waals surface area contributed by atoms with Crippen LogP contribution in [0.2, 0.25) is 5.02 Å². The molecule has 4 heteroatoms. The SMILES string of the molecule is C=C.C=C.C=C(Cc1ccccc1)/C(=C(/CCC)NC)C(C)C(=O)NC.CC.Cc1ccc(Cc2ccccc2Cl)cc1. The van der Waals surface area contributed by atoms with Gasteiger partial charge in [-0.1, -0.05) is 124 Å². The van der Waals surface area contributed by atoms with Crippen LogP contribution in [0.5, 0.6) is 0 Å². The molecular weight excluding hydrogens is 548 g/mol. The number of benzene rings is 3. The number of rotatable bonds is 10. The van der Waals surface area contributed by atoms with Gasteiger partial charge < -0.3 is 10.6 Å². The van der Waals surface area contributed by atoms with Crippen molar-refractivity contribution in [3.05, 3.63) is 156 Å². The number of carbonyl (C=O) groups is 1. The summed E-state index contributed by atoms with van der Waals surface area (Å²) in [6.45, 7) is 26.4. The summed E-state index contributed by atoms with van der Waals surface area (Å²) in [5.41, 5.74) is 8.13. The summed E-state index contributed by atoms with van der Waals surface area (Å²) in [4.78, 5) is 12.1. The first kappa shape index (κ1) is 41.3. The molecule has 3 aromatic carbocycles. The second-order valence-electron chi connectivity index (χ2n) is 9.25. The van der Waals surface area contributed by atoms with Gasteiger partial charge in [0.1, 0.15) is 0 Å². The molecule has 0 aliphatic heterocycles. The molecule has 43 heavy (non-hydrogen) atoms. The maximum absolute atomic E-state index is 12.1. The molecule has 3 nitrogen and oxygen atoms in total. The van der Waals surface area contributed by atoms with Crippen LogP contribution in [0.4, 0.5) is 0 Å². The zero-order valence-electron chi connectivity index (χ0n) is 27.7. The average molecular weight is 603 g/mol. The molecule has 0 radical (unpaired) electrons. The Kier molecular flexibility index (Phi) is 24.8. The van der Waals surface area contributed by atoms with E-state index in [9.17, 15) is 4.79 Å². The highest BCUT2D eigenvalue weighted by atomic mass is 35.5. The summed E-state index contributed by atoms with van der Waals surface area (Å²) in [5, 5.41) is 6.86. The minimum atomic E-state index is -0.213. The van der Waals surface area contributed by atoms with Gasteiger partial charge in [0.05, 0.1) is 5.92 Å². The topological polar surface area (TPSA) is 41.1 Å². The molecule has 0 saturated carbocycles. The third-order valence-corrected chi connectivity index (χ3v) is 6.68. The van der Waals surface area contributed by atoms with Crippen LogP contribution in [-0.2, 0) is 17.6 Å². The lowest BCUT2D eigenvalue weighted by atomic mass is 9.87.